The number of nitrogens with zero attached hydrogens (tertiary/aromatic N) is 4. The highest BCUT2D eigenvalue weighted by Crippen LogP contribution is 2.35. The van der Waals surface area contributed by atoms with Crippen molar-refractivity contribution in [1.29, 1.82) is 0 Å². The maximum absolute atomic E-state index is 13.1. The number of Topliss-reactive ketones (excluding diaryl/α,β-unsaturated/α-hetero) is 1. The predicted molar refractivity (Wildman–Crippen MR) is 155 cm³/mol. The number of carbonyl (C=O) groups is 3. The van der Waals surface area contributed by atoms with Gasteiger partial charge in [0, 0.05) is 44.2 Å². The predicted octanol–water partition coefficient (Wildman–Crippen LogP) is 2.72. The number of ether oxygens (including phenoxy) is 2. The smallest absolute Gasteiger partial charge is 0.409 e. The van der Waals surface area contributed by atoms with E-state index in [1.807, 2.05) is 13.0 Å². The van der Waals surface area contributed by atoms with Gasteiger partial charge in [-0.05, 0) is 25.8 Å². The van der Waals surface area contributed by atoms with Crippen molar-refractivity contribution in [2.24, 2.45) is 0 Å². The molecule has 230 valence electrons. The molecule has 2 heterocycles. The Bertz CT molecular complexity index is 1230. The van der Waals surface area contributed by atoms with Crippen LogP contribution in [0.25, 0.3) is 11.4 Å². The molecule has 13 nitrogen and oxygen atoms in total. The van der Waals surface area contributed by atoms with Crippen molar-refractivity contribution in [3.63, 3.8) is 0 Å². The number of amides is 2. The van der Waals surface area contributed by atoms with E-state index in [1.54, 1.807) is 29.2 Å². The molecule has 2 amide bonds. The van der Waals surface area contributed by atoms with Crippen LogP contribution in [0.1, 0.15) is 49.5 Å². The fourth-order valence-electron chi connectivity index (χ4n) is 4.42. The highest BCUT2D eigenvalue weighted by Gasteiger charge is 2.30. The molecule has 1 aromatic heterocycles. The Labute approximate surface area is 245 Å². The molecule has 1 aliphatic heterocycles. The molecule has 0 saturated carbocycles. The average molecular weight is 606 g/mol. The number of hydrogen-bond acceptors (Lipinski definition) is 9. The zero-order valence-electron chi connectivity index (χ0n) is 24.1. The lowest BCUT2D eigenvalue weighted by Gasteiger charge is -2.34. The van der Waals surface area contributed by atoms with Crippen LogP contribution in [0.4, 0.5) is 4.79 Å². The van der Waals surface area contributed by atoms with E-state index >= 15 is 0 Å². The average Bonchev–Trinajstić information content (AvgIpc) is 2.98. The van der Waals surface area contributed by atoms with Crippen molar-refractivity contribution in [3.05, 3.63) is 42.1 Å². The zero-order valence-corrected chi connectivity index (χ0v) is 25.0. The lowest BCUT2D eigenvalue weighted by atomic mass is 10.1. The molecular formula is C28H40N5O8P. The molecule has 0 bridgehead atoms. The molecule has 3 N–H and O–H groups in total. The van der Waals surface area contributed by atoms with Gasteiger partial charge in [0.25, 0.3) is 5.91 Å². The maximum Gasteiger partial charge on any atom is 0.409 e. The van der Waals surface area contributed by atoms with Crippen molar-refractivity contribution >= 4 is 25.4 Å². The third-order valence-corrected chi connectivity index (χ3v) is 7.63. The van der Waals surface area contributed by atoms with Gasteiger partial charge in [-0.1, -0.05) is 43.7 Å². The second-order valence-electron chi connectivity index (χ2n) is 10.1. The number of carbonyl (C=O) groups excluding carboxylic acids is 3. The Morgan fingerprint density at radius 2 is 1.76 bits per heavy atom. The van der Waals surface area contributed by atoms with Crippen molar-refractivity contribution in [2.45, 2.75) is 45.1 Å². The van der Waals surface area contributed by atoms with Crippen LogP contribution >= 0.6 is 7.60 Å². The van der Waals surface area contributed by atoms with Gasteiger partial charge in [-0.25, -0.2) is 9.78 Å². The molecule has 0 aliphatic carbocycles. The summed E-state index contributed by atoms with van der Waals surface area (Å²) in [5, 5.41) is 2.46. The molecule has 1 aromatic carbocycles. The van der Waals surface area contributed by atoms with Gasteiger partial charge in [-0.3, -0.25) is 19.1 Å². The molecule has 1 aliphatic rings. The number of benzene rings is 1. The van der Waals surface area contributed by atoms with Crippen LogP contribution in [-0.2, 0) is 14.1 Å². The number of aromatic nitrogens is 2. The van der Waals surface area contributed by atoms with Crippen molar-refractivity contribution < 1.29 is 38.2 Å². The molecule has 0 spiro atoms. The van der Waals surface area contributed by atoms with E-state index in [0.29, 0.717) is 57.7 Å². The fraction of sp³-hybridized carbons (Fsp3) is 0.536. The molecule has 1 atom stereocenters. The van der Waals surface area contributed by atoms with Crippen molar-refractivity contribution in [1.82, 2.24) is 25.1 Å². The lowest BCUT2D eigenvalue weighted by Crippen LogP contribution is -2.49. The molecule has 0 radical (unpaired) electrons. The minimum Gasteiger partial charge on any atom is -0.481 e. The summed E-state index contributed by atoms with van der Waals surface area (Å²) in [5.74, 6) is -0.894. The first-order valence-electron chi connectivity index (χ1n) is 14.1. The minimum absolute atomic E-state index is 0.0387. The first-order chi connectivity index (χ1) is 20.1. The summed E-state index contributed by atoms with van der Waals surface area (Å²) in [5.41, 5.74) is 0.541. The number of unbranched alkanes of at least 4 members (excludes halogenated alkanes) is 2. The largest absolute Gasteiger partial charge is 0.481 e. The Kier molecular flexibility index (Phi) is 12.9. The number of rotatable bonds is 15. The fourth-order valence-corrected chi connectivity index (χ4v) is 5.19. The van der Waals surface area contributed by atoms with Crippen LogP contribution in [0.15, 0.2) is 36.4 Å². The second-order valence-corrected chi connectivity index (χ2v) is 11.8. The normalized spacial score (nSPS) is 14.7. The third kappa shape index (κ3) is 10.8. The van der Waals surface area contributed by atoms with E-state index < -0.39 is 31.5 Å². The van der Waals surface area contributed by atoms with E-state index in [9.17, 15) is 28.7 Å². The van der Waals surface area contributed by atoms with Gasteiger partial charge < -0.3 is 29.5 Å². The van der Waals surface area contributed by atoms with Crippen LogP contribution < -0.4 is 10.1 Å². The Hall–Kier alpha value is -3.38. The molecule has 3 rings (SSSR count). The third-order valence-electron chi connectivity index (χ3n) is 6.79. The Morgan fingerprint density at radius 3 is 2.40 bits per heavy atom. The number of methoxy groups -OCH3 is 1. The highest BCUT2D eigenvalue weighted by molar-refractivity contribution is 7.51. The topological polar surface area (TPSA) is 171 Å². The van der Waals surface area contributed by atoms with E-state index in [2.05, 4.69) is 20.2 Å². The highest BCUT2D eigenvalue weighted by atomic mass is 31.2. The van der Waals surface area contributed by atoms with Crippen LogP contribution in [0, 0.1) is 0 Å². The van der Waals surface area contributed by atoms with Gasteiger partial charge in [-0.15, -0.1) is 0 Å². The SMILES string of the molecule is CCCCOC(=O)N1CCN(CCCCC(=O)[C@H](CP(=O)(O)O)NC(=O)c2cc(OC)nc(-c3ccccc3)n2)CC1. The monoisotopic (exact) mass is 605 g/mol. The summed E-state index contributed by atoms with van der Waals surface area (Å²) in [6.07, 6.45) is 1.89. The van der Waals surface area contributed by atoms with Gasteiger partial charge in [0.2, 0.25) is 5.88 Å². The number of ketones is 1. The van der Waals surface area contributed by atoms with E-state index in [4.69, 9.17) is 9.47 Å². The summed E-state index contributed by atoms with van der Waals surface area (Å²) in [7, 11) is -3.23. The second kappa shape index (κ2) is 16.3. The molecule has 14 heteroatoms. The van der Waals surface area contributed by atoms with Gasteiger partial charge in [0.05, 0.1) is 25.9 Å². The van der Waals surface area contributed by atoms with Crippen LogP contribution in [0.5, 0.6) is 5.88 Å². The van der Waals surface area contributed by atoms with E-state index in [0.717, 1.165) is 12.8 Å². The number of piperazine rings is 1. The van der Waals surface area contributed by atoms with Crippen LogP contribution in [-0.4, -0.2) is 106 Å². The molecular weight excluding hydrogens is 565 g/mol. The summed E-state index contributed by atoms with van der Waals surface area (Å²) >= 11 is 0. The van der Waals surface area contributed by atoms with Gasteiger partial charge in [0.1, 0.15) is 5.69 Å². The molecule has 0 unspecified atom stereocenters. The molecule has 2 aromatic rings. The minimum atomic E-state index is -4.62. The van der Waals surface area contributed by atoms with Gasteiger partial charge in [0.15, 0.2) is 11.6 Å². The maximum atomic E-state index is 13.1. The zero-order chi connectivity index (χ0) is 30.5. The Balaban J connectivity index is 1.53. The van der Waals surface area contributed by atoms with Crippen molar-refractivity contribution in [2.75, 3.05) is 52.6 Å². The summed E-state index contributed by atoms with van der Waals surface area (Å²) in [4.78, 5) is 69.8. The first-order valence-corrected chi connectivity index (χ1v) is 15.9. The summed E-state index contributed by atoms with van der Waals surface area (Å²) in [6, 6.07) is 8.84. The lowest BCUT2D eigenvalue weighted by molar-refractivity contribution is -0.120. The van der Waals surface area contributed by atoms with E-state index in [1.165, 1.54) is 13.2 Å². The summed E-state index contributed by atoms with van der Waals surface area (Å²) < 4.78 is 22.3. The summed E-state index contributed by atoms with van der Waals surface area (Å²) in [6.45, 7) is 5.70. The quantitative estimate of drug-likeness (QED) is 0.201. The van der Waals surface area contributed by atoms with Crippen LogP contribution in [0.2, 0.25) is 0 Å². The van der Waals surface area contributed by atoms with Gasteiger partial charge >= 0.3 is 13.7 Å². The standard InChI is InChI=1S/C28H40N5O8P/c1-3-4-18-41-28(36)33-16-14-32(15-17-33)13-9-8-12-24(34)23(20-42(37,38)39)30-27(35)22-19-25(40-2)31-26(29-22)21-10-6-5-7-11-21/h5-7,10-11,19,23H,3-4,8-9,12-18,20H2,1-2H3,(H,30,35)(H2,37,38,39)/t23-/m0/s1. The number of hydrogen-bond donors (Lipinski definition) is 3. The first kappa shape index (κ1) is 33.1. The van der Waals surface area contributed by atoms with Gasteiger partial charge in [-0.2, -0.15) is 4.98 Å². The molecule has 1 fully saturated rings. The molecule has 1 saturated heterocycles. The number of nitrogens with one attached hydrogen (secondary N) is 1. The van der Waals surface area contributed by atoms with E-state index in [-0.39, 0.29) is 29.9 Å². The van der Waals surface area contributed by atoms with Crippen molar-refractivity contribution in [3.8, 4) is 17.3 Å². The Morgan fingerprint density at radius 1 is 1.05 bits per heavy atom. The molecule has 42 heavy (non-hydrogen) atoms. The van der Waals surface area contributed by atoms with Crippen LogP contribution in [0.3, 0.4) is 0 Å².